The summed E-state index contributed by atoms with van der Waals surface area (Å²) in [6.45, 7) is 0. The van der Waals surface area contributed by atoms with Crippen molar-refractivity contribution in [2.75, 3.05) is 12.0 Å². The highest BCUT2D eigenvalue weighted by atomic mass is 16.5. The second-order valence-corrected chi connectivity index (χ2v) is 6.53. The van der Waals surface area contributed by atoms with E-state index in [-0.39, 0.29) is 17.8 Å². The van der Waals surface area contributed by atoms with Crippen LogP contribution >= 0.6 is 0 Å². The zero-order valence-corrected chi connectivity index (χ0v) is 15.7. The summed E-state index contributed by atoms with van der Waals surface area (Å²) in [6, 6.07) is 21.1. The van der Waals surface area contributed by atoms with Crippen LogP contribution in [-0.2, 0) is 4.74 Å². The largest absolute Gasteiger partial charge is 0.465 e. The first kappa shape index (κ1) is 18.4. The SMILES string of the molecule is COC(=O)c1ccc(C=Cc2ccc(N3C(=O)c4ccccc4C3=O)cc2)cc1. The van der Waals surface area contributed by atoms with E-state index in [0.29, 0.717) is 22.4 Å². The lowest BCUT2D eigenvalue weighted by molar-refractivity contribution is 0.0600. The van der Waals surface area contributed by atoms with Crippen molar-refractivity contribution in [3.05, 3.63) is 101 Å². The molecule has 5 heteroatoms. The van der Waals surface area contributed by atoms with Crippen LogP contribution in [-0.4, -0.2) is 24.9 Å². The molecule has 3 aromatic carbocycles. The molecule has 0 bridgehead atoms. The molecule has 0 aromatic heterocycles. The smallest absolute Gasteiger partial charge is 0.337 e. The first-order chi connectivity index (χ1) is 14.1. The van der Waals surface area contributed by atoms with Crippen molar-refractivity contribution in [2.45, 2.75) is 0 Å². The van der Waals surface area contributed by atoms with Gasteiger partial charge in [-0.1, -0.05) is 48.6 Å². The Bertz CT molecular complexity index is 1090. The molecule has 0 fully saturated rings. The molecule has 0 saturated heterocycles. The third-order valence-electron chi connectivity index (χ3n) is 4.75. The number of hydrogen-bond donors (Lipinski definition) is 0. The van der Waals surface area contributed by atoms with Gasteiger partial charge in [0.25, 0.3) is 11.8 Å². The van der Waals surface area contributed by atoms with Crippen LogP contribution in [0.5, 0.6) is 0 Å². The first-order valence-electron chi connectivity index (χ1n) is 9.03. The van der Waals surface area contributed by atoms with Gasteiger partial charge in [-0.3, -0.25) is 9.59 Å². The molecule has 0 atom stereocenters. The molecule has 0 spiro atoms. The average Bonchev–Trinajstić information content (AvgIpc) is 3.03. The average molecular weight is 383 g/mol. The highest BCUT2D eigenvalue weighted by Gasteiger charge is 2.36. The second kappa shape index (κ2) is 7.56. The Balaban J connectivity index is 1.50. The summed E-state index contributed by atoms with van der Waals surface area (Å²) in [5.74, 6) is -0.983. The van der Waals surface area contributed by atoms with Gasteiger partial charge >= 0.3 is 5.97 Å². The summed E-state index contributed by atoms with van der Waals surface area (Å²) in [7, 11) is 1.35. The maximum Gasteiger partial charge on any atom is 0.337 e. The van der Waals surface area contributed by atoms with Gasteiger partial charge in [-0.2, -0.15) is 0 Å². The van der Waals surface area contributed by atoms with Crippen molar-refractivity contribution >= 4 is 35.6 Å². The number of carbonyl (C=O) groups is 3. The molecule has 0 radical (unpaired) electrons. The minimum Gasteiger partial charge on any atom is -0.465 e. The number of esters is 1. The van der Waals surface area contributed by atoms with Crippen molar-refractivity contribution in [1.29, 1.82) is 0 Å². The fourth-order valence-electron chi connectivity index (χ4n) is 3.20. The van der Waals surface area contributed by atoms with Gasteiger partial charge in [0.15, 0.2) is 0 Å². The lowest BCUT2D eigenvalue weighted by atomic mass is 10.1. The number of anilines is 1. The van der Waals surface area contributed by atoms with Gasteiger partial charge in [0.2, 0.25) is 0 Å². The van der Waals surface area contributed by atoms with Crippen molar-refractivity contribution in [2.24, 2.45) is 0 Å². The van der Waals surface area contributed by atoms with Gasteiger partial charge in [0.1, 0.15) is 0 Å². The summed E-state index contributed by atoms with van der Waals surface area (Å²) in [6.07, 6.45) is 3.83. The number of hydrogen-bond acceptors (Lipinski definition) is 4. The zero-order chi connectivity index (χ0) is 20.4. The van der Waals surface area contributed by atoms with Crippen LogP contribution in [0, 0.1) is 0 Å². The number of ether oxygens (including phenoxy) is 1. The van der Waals surface area contributed by atoms with Gasteiger partial charge in [0, 0.05) is 0 Å². The summed E-state index contributed by atoms with van der Waals surface area (Å²) < 4.78 is 4.69. The van der Waals surface area contributed by atoms with Crippen LogP contribution in [0.25, 0.3) is 12.2 Å². The highest BCUT2D eigenvalue weighted by molar-refractivity contribution is 6.34. The lowest BCUT2D eigenvalue weighted by Crippen LogP contribution is -2.29. The van der Waals surface area contributed by atoms with Crippen LogP contribution in [0.4, 0.5) is 5.69 Å². The quantitative estimate of drug-likeness (QED) is 0.379. The molecule has 0 N–H and O–H groups in total. The zero-order valence-electron chi connectivity index (χ0n) is 15.7. The van der Waals surface area contributed by atoms with E-state index in [1.54, 1.807) is 48.5 Å². The number of benzene rings is 3. The Morgan fingerprint density at radius 2 is 1.24 bits per heavy atom. The number of fused-ring (bicyclic) bond motifs is 1. The van der Waals surface area contributed by atoms with E-state index in [1.165, 1.54) is 12.0 Å². The standard InChI is InChI=1S/C24H17NO4/c1-29-24(28)18-12-8-16(9-13-18)6-7-17-10-14-19(15-11-17)25-22(26)20-4-2-3-5-21(20)23(25)27/h2-15H,1H3. The molecule has 0 saturated carbocycles. The molecule has 1 heterocycles. The van der Waals surface area contributed by atoms with Gasteiger partial charge in [-0.15, -0.1) is 0 Å². The number of nitrogens with zero attached hydrogens (tertiary/aromatic N) is 1. The van der Waals surface area contributed by atoms with Crippen LogP contribution in [0.2, 0.25) is 0 Å². The fourth-order valence-corrected chi connectivity index (χ4v) is 3.20. The van der Waals surface area contributed by atoms with E-state index in [0.717, 1.165) is 11.1 Å². The van der Waals surface area contributed by atoms with Gasteiger partial charge in [-0.25, -0.2) is 9.69 Å². The summed E-state index contributed by atoms with van der Waals surface area (Å²) in [5, 5.41) is 0. The monoisotopic (exact) mass is 383 g/mol. The number of methoxy groups -OCH3 is 1. The Hall–Kier alpha value is -3.99. The van der Waals surface area contributed by atoms with Crippen LogP contribution in [0.15, 0.2) is 72.8 Å². The molecule has 3 aromatic rings. The van der Waals surface area contributed by atoms with Crippen molar-refractivity contribution < 1.29 is 19.1 Å². The van der Waals surface area contributed by atoms with E-state index in [4.69, 9.17) is 0 Å². The minimum atomic E-state index is -0.371. The van der Waals surface area contributed by atoms with Gasteiger partial charge < -0.3 is 4.74 Å². The predicted octanol–water partition coefficient (Wildman–Crippen LogP) is 4.44. The topological polar surface area (TPSA) is 63.7 Å². The minimum absolute atomic E-state index is 0.306. The molecule has 0 unspecified atom stereocenters. The maximum absolute atomic E-state index is 12.6. The highest BCUT2D eigenvalue weighted by Crippen LogP contribution is 2.28. The Kier molecular flexibility index (Phi) is 4.79. The molecular weight excluding hydrogens is 366 g/mol. The third kappa shape index (κ3) is 3.46. The van der Waals surface area contributed by atoms with Gasteiger partial charge in [-0.05, 0) is 47.5 Å². The van der Waals surface area contributed by atoms with E-state index in [9.17, 15) is 14.4 Å². The summed E-state index contributed by atoms with van der Waals surface area (Å²) in [5.41, 5.74) is 3.74. The van der Waals surface area contributed by atoms with E-state index < -0.39 is 0 Å². The van der Waals surface area contributed by atoms with Gasteiger partial charge in [0.05, 0.1) is 29.5 Å². The third-order valence-corrected chi connectivity index (χ3v) is 4.75. The van der Waals surface area contributed by atoms with Crippen LogP contribution in [0.1, 0.15) is 42.2 Å². The normalized spacial score (nSPS) is 13.1. The predicted molar refractivity (Wildman–Crippen MR) is 111 cm³/mol. The number of rotatable bonds is 4. The van der Waals surface area contributed by atoms with E-state index in [2.05, 4.69) is 4.74 Å². The van der Waals surface area contributed by atoms with Crippen LogP contribution < -0.4 is 4.90 Å². The Morgan fingerprint density at radius 1 is 0.759 bits per heavy atom. The molecule has 142 valence electrons. The van der Waals surface area contributed by atoms with Crippen molar-refractivity contribution in [1.82, 2.24) is 0 Å². The van der Waals surface area contributed by atoms with Crippen LogP contribution in [0.3, 0.4) is 0 Å². The molecule has 5 nitrogen and oxygen atoms in total. The molecule has 2 amide bonds. The van der Waals surface area contributed by atoms with Crippen molar-refractivity contribution in [3.8, 4) is 0 Å². The summed E-state index contributed by atoms with van der Waals surface area (Å²) >= 11 is 0. The molecule has 1 aliphatic heterocycles. The lowest BCUT2D eigenvalue weighted by Gasteiger charge is -2.13. The molecule has 4 rings (SSSR count). The molecule has 1 aliphatic rings. The van der Waals surface area contributed by atoms with E-state index >= 15 is 0 Å². The van der Waals surface area contributed by atoms with Crippen molar-refractivity contribution in [3.63, 3.8) is 0 Å². The Morgan fingerprint density at radius 3 is 1.72 bits per heavy atom. The number of amides is 2. The molecular formula is C24H17NO4. The molecule has 29 heavy (non-hydrogen) atoms. The second-order valence-electron chi connectivity index (χ2n) is 6.53. The number of carbonyl (C=O) groups excluding carboxylic acids is 3. The molecule has 0 aliphatic carbocycles. The number of imide groups is 1. The van der Waals surface area contributed by atoms with E-state index in [1.807, 2.05) is 36.4 Å². The maximum atomic E-state index is 12.6. The summed E-state index contributed by atoms with van der Waals surface area (Å²) in [4.78, 5) is 37.8. The first-order valence-corrected chi connectivity index (χ1v) is 9.03. The fraction of sp³-hybridized carbons (Fsp3) is 0.0417. The Labute approximate surface area is 167 Å².